The van der Waals surface area contributed by atoms with E-state index in [4.69, 9.17) is 9.15 Å². The molecule has 32 heavy (non-hydrogen) atoms. The second-order valence-corrected chi connectivity index (χ2v) is 7.80. The first-order valence-electron chi connectivity index (χ1n) is 10.6. The number of anilines is 1. The highest BCUT2D eigenvalue weighted by molar-refractivity contribution is 6.08. The van der Waals surface area contributed by atoms with Gasteiger partial charge in [-0.2, -0.15) is 0 Å². The van der Waals surface area contributed by atoms with Gasteiger partial charge in [-0.25, -0.2) is 4.39 Å². The first-order chi connectivity index (χ1) is 15.6. The Hall–Kier alpha value is -3.61. The third-order valence-corrected chi connectivity index (χ3v) is 5.65. The highest BCUT2D eigenvalue weighted by Crippen LogP contribution is 2.32. The molecule has 1 atom stereocenters. The van der Waals surface area contributed by atoms with E-state index >= 15 is 0 Å². The number of carbonyl (C=O) groups is 2. The lowest BCUT2D eigenvalue weighted by atomic mass is 10.0. The second-order valence-electron chi connectivity index (χ2n) is 7.80. The zero-order valence-corrected chi connectivity index (χ0v) is 17.8. The van der Waals surface area contributed by atoms with Gasteiger partial charge in [0, 0.05) is 11.7 Å². The van der Waals surface area contributed by atoms with Gasteiger partial charge in [0.2, 0.25) is 5.91 Å². The molecule has 1 aliphatic rings. The lowest BCUT2D eigenvalue weighted by molar-refractivity contribution is -0.123. The standard InChI is InChI=1S/C25H25FN2O4/c1-31-21-12-4-7-17(15-21)23(24(29)27-19-9-2-3-10-19)28(20-11-5-8-18(26)16-20)25(30)22-13-6-14-32-22/h4-8,11-16,19,23H,2-3,9-10H2,1H3,(H,27,29)/t23-/m1/s1. The van der Waals surface area contributed by atoms with E-state index in [0.717, 1.165) is 25.7 Å². The maximum atomic E-state index is 14.2. The average molecular weight is 436 g/mol. The van der Waals surface area contributed by atoms with Crippen molar-refractivity contribution in [1.82, 2.24) is 5.32 Å². The lowest BCUT2D eigenvalue weighted by Crippen LogP contribution is -2.46. The quantitative estimate of drug-likeness (QED) is 0.573. The molecule has 0 unspecified atom stereocenters. The van der Waals surface area contributed by atoms with Crippen LogP contribution in [0.15, 0.2) is 71.3 Å². The fourth-order valence-electron chi connectivity index (χ4n) is 4.11. The summed E-state index contributed by atoms with van der Waals surface area (Å²) in [5, 5.41) is 3.08. The molecule has 2 amide bonds. The van der Waals surface area contributed by atoms with Crippen molar-refractivity contribution in [3.05, 3.63) is 84.1 Å². The summed E-state index contributed by atoms with van der Waals surface area (Å²) in [6, 6.07) is 14.7. The van der Waals surface area contributed by atoms with E-state index in [2.05, 4.69) is 5.32 Å². The lowest BCUT2D eigenvalue weighted by Gasteiger charge is -2.32. The molecular formula is C25H25FN2O4. The van der Waals surface area contributed by atoms with Crippen LogP contribution in [0.5, 0.6) is 5.75 Å². The second kappa shape index (κ2) is 9.68. The van der Waals surface area contributed by atoms with Gasteiger partial charge in [0.05, 0.1) is 13.4 Å². The van der Waals surface area contributed by atoms with Gasteiger partial charge < -0.3 is 14.5 Å². The van der Waals surface area contributed by atoms with Crippen LogP contribution in [0.4, 0.5) is 10.1 Å². The van der Waals surface area contributed by atoms with Crippen molar-refractivity contribution in [2.45, 2.75) is 37.8 Å². The van der Waals surface area contributed by atoms with Crippen LogP contribution in [0.25, 0.3) is 0 Å². The molecular weight excluding hydrogens is 411 g/mol. The van der Waals surface area contributed by atoms with Gasteiger partial charge in [-0.1, -0.05) is 31.0 Å². The maximum Gasteiger partial charge on any atom is 0.294 e. The van der Waals surface area contributed by atoms with E-state index in [1.54, 1.807) is 36.4 Å². The van der Waals surface area contributed by atoms with Gasteiger partial charge in [-0.3, -0.25) is 14.5 Å². The molecule has 1 heterocycles. The summed E-state index contributed by atoms with van der Waals surface area (Å²) in [5.74, 6) is -0.800. The third kappa shape index (κ3) is 4.66. The van der Waals surface area contributed by atoms with E-state index in [9.17, 15) is 14.0 Å². The number of halogens is 1. The highest BCUT2D eigenvalue weighted by Gasteiger charge is 2.36. The Bertz CT molecular complexity index is 1080. The molecule has 1 aromatic heterocycles. The predicted molar refractivity (Wildman–Crippen MR) is 118 cm³/mol. The molecule has 7 heteroatoms. The summed E-state index contributed by atoms with van der Waals surface area (Å²) < 4.78 is 24.8. The normalized spacial score (nSPS) is 14.7. The number of hydrogen-bond donors (Lipinski definition) is 1. The van der Waals surface area contributed by atoms with Crippen LogP contribution in [-0.2, 0) is 4.79 Å². The molecule has 0 saturated heterocycles. The van der Waals surface area contributed by atoms with Crippen LogP contribution in [0, 0.1) is 5.82 Å². The van der Waals surface area contributed by atoms with Crippen molar-refractivity contribution in [1.29, 1.82) is 0 Å². The molecule has 1 N–H and O–H groups in total. The largest absolute Gasteiger partial charge is 0.497 e. The van der Waals surface area contributed by atoms with Crippen molar-refractivity contribution in [2.75, 3.05) is 12.0 Å². The SMILES string of the molecule is COc1cccc([C@H](C(=O)NC2CCCC2)N(C(=O)c2ccco2)c2cccc(F)c2)c1. The number of nitrogens with zero attached hydrogens (tertiary/aromatic N) is 1. The van der Waals surface area contributed by atoms with Crippen molar-refractivity contribution < 1.29 is 23.1 Å². The number of carbonyl (C=O) groups excluding carboxylic acids is 2. The Balaban J connectivity index is 1.82. The Morgan fingerprint density at radius 2 is 1.88 bits per heavy atom. The average Bonchev–Trinajstić information content (AvgIpc) is 3.51. The van der Waals surface area contributed by atoms with E-state index in [1.807, 2.05) is 0 Å². The summed E-state index contributed by atoms with van der Waals surface area (Å²) in [6.07, 6.45) is 5.27. The topological polar surface area (TPSA) is 71.8 Å². The number of benzene rings is 2. The van der Waals surface area contributed by atoms with E-state index in [0.29, 0.717) is 11.3 Å². The van der Waals surface area contributed by atoms with Gasteiger partial charge in [0.25, 0.3) is 5.91 Å². The number of furan rings is 1. The first-order valence-corrected chi connectivity index (χ1v) is 10.6. The summed E-state index contributed by atoms with van der Waals surface area (Å²) in [7, 11) is 1.53. The summed E-state index contributed by atoms with van der Waals surface area (Å²) >= 11 is 0. The first kappa shape index (κ1) is 21.6. The molecule has 6 nitrogen and oxygen atoms in total. The van der Waals surface area contributed by atoms with Crippen molar-refractivity contribution in [3.63, 3.8) is 0 Å². The third-order valence-electron chi connectivity index (χ3n) is 5.65. The molecule has 2 aromatic carbocycles. The van der Waals surface area contributed by atoms with Crippen molar-refractivity contribution in [2.24, 2.45) is 0 Å². The number of nitrogens with one attached hydrogen (secondary N) is 1. The predicted octanol–water partition coefficient (Wildman–Crippen LogP) is 4.87. The molecule has 4 rings (SSSR count). The minimum absolute atomic E-state index is 0.0451. The van der Waals surface area contributed by atoms with Gasteiger partial charge >= 0.3 is 0 Å². The Morgan fingerprint density at radius 1 is 1.09 bits per heavy atom. The molecule has 0 spiro atoms. The van der Waals surface area contributed by atoms with E-state index < -0.39 is 17.8 Å². The highest BCUT2D eigenvalue weighted by atomic mass is 19.1. The molecule has 0 radical (unpaired) electrons. The number of rotatable bonds is 7. The van der Waals surface area contributed by atoms with Crippen LogP contribution in [0.2, 0.25) is 0 Å². The monoisotopic (exact) mass is 436 g/mol. The van der Waals surface area contributed by atoms with E-state index in [1.165, 1.54) is 42.5 Å². The van der Waals surface area contributed by atoms with Crippen molar-refractivity contribution in [3.8, 4) is 5.75 Å². The van der Waals surface area contributed by atoms with Gasteiger partial charge in [-0.15, -0.1) is 0 Å². The number of hydrogen-bond acceptors (Lipinski definition) is 4. The minimum atomic E-state index is -1.05. The zero-order chi connectivity index (χ0) is 22.5. The van der Waals surface area contributed by atoms with Crippen molar-refractivity contribution >= 4 is 17.5 Å². The maximum absolute atomic E-state index is 14.2. The number of ether oxygens (including phenoxy) is 1. The molecule has 1 saturated carbocycles. The van der Waals surface area contributed by atoms with Crippen LogP contribution in [-0.4, -0.2) is 25.0 Å². The Morgan fingerprint density at radius 3 is 2.56 bits per heavy atom. The van der Waals surface area contributed by atoms with Crippen LogP contribution in [0.3, 0.4) is 0 Å². The molecule has 0 bridgehead atoms. The molecule has 166 valence electrons. The smallest absolute Gasteiger partial charge is 0.294 e. The summed E-state index contributed by atoms with van der Waals surface area (Å²) in [4.78, 5) is 28.4. The molecule has 1 fully saturated rings. The van der Waals surface area contributed by atoms with Crippen LogP contribution in [0.1, 0.15) is 47.8 Å². The number of amides is 2. The Labute approximate surface area is 186 Å². The van der Waals surface area contributed by atoms with Crippen LogP contribution >= 0.6 is 0 Å². The van der Waals surface area contributed by atoms with E-state index in [-0.39, 0.29) is 23.4 Å². The minimum Gasteiger partial charge on any atom is -0.497 e. The fraction of sp³-hybridized carbons (Fsp3) is 0.280. The van der Waals surface area contributed by atoms with Gasteiger partial charge in [-0.05, 0) is 60.9 Å². The molecule has 0 aliphatic heterocycles. The van der Waals surface area contributed by atoms with Crippen LogP contribution < -0.4 is 15.0 Å². The van der Waals surface area contributed by atoms with Gasteiger partial charge in [0.15, 0.2) is 5.76 Å². The summed E-state index contributed by atoms with van der Waals surface area (Å²) in [5.41, 5.74) is 0.796. The summed E-state index contributed by atoms with van der Waals surface area (Å²) in [6.45, 7) is 0. The van der Waals surface area contributed by atoms with Gasteiger partial charge in [0.1, 0.15) is 17.6 Å². The number of methoxy groups -OCH3 is 1. The Kier molecular flexibility index (Phi) is 6.54. The molecule has 1 aliphatic carbocycles. The fourth-order valence-corrected chi connectivity index (χ4v) is 4.11. The molecule has 3 aromatic rings. The zero-order valence-electron chi connectivity index (χ0n) is 17.8.